The number of fused-ring (bicyclic) bond motifs is 1. The number of aromatic amines is 1. The highest BCUT2D eigenvalue weighted by Gasteiger charge is 2.31. The molecular formula is C20H22N6. The highest BCUT2D eigenvalue weighted by atomic mass is 15.2. The predicted octanol–water partition coefficient (Wildman–Crippen LogP) is 3.05. The molecule has 2 aliphatic rings. The normalized spacial score (nSPS) is 17.0. The van der Waals surface area contributed by atoms with Gasteiger partial charge in [0.25, 0.3) is 0 Å². The van der Waals surface area contributed by atoms with Gasteiger partial charge in [-0.2, -0.15) is 5.10 Å². The number of pyridine rings is 1. The molecule has 1 N–H and O–H groups in total. The molecule has 0 saturated heterocycles. The Kier molecular flexibility index (Phi) is 3.69. The van der Waals surface area contributed by atoms with Crippen LogP contribution in [0.3, 0.4) is 0 Å². The number of nitrogens with one attached hydrogen (secondary N) is 1. The van der Waals surface area contributed by atoms with Crippen molar-refractivity contribution in [1.29, 1.82) is 0 Å². The van der Waals surface area contributed by atoms with E-state index in [1.807, 2.05) is 25.3 Å². The number of aryl methyl sites for hydroxylation is 1. The van der Waals surface area contributed by atoms with E-state index in [0.717, 1.165) is 48.8 Å². The van der Waals surface area contributed by atoms with Gasteiger partial charge in [0.15, 0.2) is 5.82 Å². The zero-order valence-electron chi connectivity index (χ0n) is 14.9. The average Bonchev–Trinajstić information content (AvgIpc) is 3.47. The molecular weight excluding hydrogens is 324 g/mol. The van der Waals surface area contributed by atoms with Crippen LogP contribution in [0.15, 0.2) is 30.6 Å². The van der Waals surface area contributed by atoms with Gasteiger partial charge in [0, 0.05) is 60.8 Å². The minimum atomic E-state index is 0.694. The first-order valence-electron chi connectivity index (χ1n) is 9.35. The molecule has 1 fully saturated rings. The molecule has 0 radical (unpaired) electrons. The van der Waals surface area contributed by atoms with Crippen molar-refractivity contribution in [3.63, 3.8) is 0 Å². The van der Waals surface area contributed by atoms with Crippen LogP contribution in [0.25, 0.3) is 11.4 Å². The Balaban J connectivity index is 1.43. The van der Waals surface area contributed by atoms with Gasteiger partial charge in [-0.05, 0) is 43.9 Å². The molecule has 0 atom stereocenters. The number of H-pyrrole nitrogens is 1. The molecule has 3 aromatic rings. The highest BCUT2D eigenvalue weighted by Crippen LogP contribution is 2.41. The number of aromatic nitrogens is 5. The Morgan fingerprint density at radius 3 is 2.85 bits per heavy atom. The number of hydrogen-bond donors (Lipinski definition) is 1. The first-order valence-corrected chi connectivity index (χ1v) is 9.35. The number of anilines is 1. The van der Waals surface area contributed by atoms with Gasteiger partial charge in [0.1, 0.15) is 5.82 Å². The van der Waals surface area contributed by atoms with Crippen LogP contribution in [-0.4, -0.2) is 38.2 Å². The quantitative estimate of drug-likeness (QED) is 0.789. The van der Waals surface area contributed by atoms with Crippen molar-refractivity contribution >= 4 is 5.82 Å². The Morgan fingerprint density at radius 2 is 2.04 bits per heavy atom. The van der Waals surface area contributed by atoms with E-state index in [-0.39, 0.29) is 0 Å². The fourth-order valence-electron chi connectivity index (χ4n) is 3.77. The van der Waals surface area contributed by atoms with Gasteiger partial charge in [0.05, 0.1) is 5.69 Å². The van der Waals surface area contributed by atoms with Gasteiger partial charge >= 0.3 is 0 Å². The van der Waals surface area contributed by atoms with Crippen molar-refractivity contribution in [2.75, 3.05) is 18.0 Å². The molecule has 3 aromatic heterocycles. The summed E-state index contributed by atoms with van der Waals surface area (Å²) in [5.41, 5.74) is 6.02. The van der Waals surface area contributed by atoms with Crippen LogP contribution >= 0.6 is 0 Å². The van der Waals surface area contributed by atoms with Crippen molar-refractivity contribution in [3.8, 4) is 11.4 Å². The third-order valence-electron chi connectivity index (χ3n) is 5.30. The van der Waals surface area contributed by atoms with Crippen LogP contribution in [-0.2, 0) is 12.8 Å². The maximum atomic E-state index is 4.84. The molecule has 6 heteroatoms. The lowest BCUT2D eigenvalue weighted by Gasteiger charge is -2.22. The lowest BCUT2D eigenvalue weighted by molar-refractivity contribution is 0.769. The van der Waals surface area contributed by atoms with Crippen LogP contribution in [0.5, 0.6) is 0 Å². The minimum Gasteiger partial charge on any atom is -0.356 e. The van der Waals surface area contributed by atoms with E-state index in [1.54, 1.807) is 6.20 Å². The summed E-state index contributed by atoms with van der Waals surface area (Å²) in [4.78, 5) is 16.0. The van der Waals surface area contributed by atoms with E-state index in [2.05, 4.69) is 31.1 Å². The molecule has 0 bridgehead atoms. The topological polar surface area (TPSA) is 70.6 Å². The van der Waals surface area contributed by atoms with E-state index < -0.39 is 0 Å². The molecule has 0 amide bonds. The summed E-state index contributed by atoms with van der Waals surface area (Å²) in [7, 11) is 0. The zero-order valence-corrected chi connectivity index (χ0v) is 14.9. The average molecular weight is 346 g/mol. The monoisotopic (exact) mass is 346 g/mol. The fourth-order valence-corrected chi connectivity index (χ4v) is 3.77. The molecule has 4 heterocycles. The van der Waals surface area contributed by atoms with Crippen molar-refractivity contribution in [2.24, 2.45) is 0 Å². The summed E-state index contributed by atoms with van der Waals surface area (Å²) >= 11 is 0. The zero-order chi connectivity index (χ0) is 17.5. The molecule has 6 nitrogen and oxygen atoms in total. The molecule has 0 spiro atoms. The van der Waals surface area contributed by atoms with Gasteiger partial charge < -0.3 is 4.90 Å². The summed E-state index contributed by atoms with van der Waals surface area (Å²) in [5.74, 6) is 2.44. The maximum Gasteiger partial charge on any atom is 0.163 e. The molecule has 1 aliphatic carbocycles. The Labute approximate surface area is 152 Å². The van der Waals surface area contributed by atoms with Crippen LogP contribution in [0.4, 0.5) is 5.82 Å². The standard InChI is InChI=1S/C20H22N6/c1-13-11-18(23-20(22-13)15-3-2-8-21-12-15)26-9-6-16-17(7-10-26)24-25-19(16)14-4-5-14/h2-3,8,11-12,14H,4-7,9-10H2,1H3,(H,24,25). The molecule has 0 aromatic carbocycles. The van der Waals surface area contributed by atoms with Crippen LogP contribution in [0, 0.1) is 6.92 Å². The number of nitrogens with zero attached hydrogens (tertiary/aromatic N) is 5. The highest BCUT2D eigenvalue weighted by molar-refractivity contribution is 5.57. The minimum absolute atomic E-state index is 0.694. The number of hydrogen-bond acceptors (Lipinski definition) is 5. The molecule has 1 saturated carbocycles. The predicted molar refractivity (Wildman–Crippen MR) is 100 cm³/mol. The molecule has 1 aliphatic heterocycles. The first-order chi connectivity index (χ1) is 12.8. The van der Waals surface area contributed by atoms with Gasteiger partial charge in [-0.1, -0.05) is 0 Å². The summed E-state index contributed by atoms with van der Waals surface area (Å²) in [6, 6.07) is 6.01. The summed E-state index contributed by atoms with van der Waals surface area (Å²) in [6.45, 7) is 3.94. The van der Waals surface area contributed by atoms with Crippen LogP contribution in [0.1, 0.15) is 41.4 Å². The molecule has 26 heavy (non-hydrogen) atoms. The summed E-state index contributed by atoms with van der Waals surface area (Å²) in [6.07, 6.45) is 8.19. The second-order valence-electron chi connectivity index (χ2n) is 7.26. The fraction of sp³-hybridized carbons (Fsp3) is 0.400. The van der Waals surface area contributed by atoms with Gasteiger partial charge in [-0.15, -0.1) is 0 Å². The Morgan fingerprint density at radius 1 is 1.15 bits per heavy atom. The van der Waals surface area contributed by atoms with E-state index in [4.69, 9.17) is 4.98 Å². The number of rotatable bonds is 3. The maximum absolute atomic E-state index is 4.84. The molecule has 5 rings (SSSR count). The van der Waals surface area contributed by atoms with Crippen molar-refractivity contribution in [1.82, 2.24) is 25.1 Å². The molecule has 0 unspecified atom stereocenters. The van der Waals surface area contributed by atoms with E-state index in [1.165, 1.54) is 29.8 Å². The van der Waals surface area contributed by atoms with Crippen molar-refractivity contribution in [3.05, 3.63) is 53.2 Å². The molecule has 132 valence electrons. The second-order valence-corrected chi connectivity index (χ2v) is 7.26. The Hall–Kier alpha value is -2.76. The third kappa shape index (κ3) is 2.85. The van der Waals surface area contributed by atoms with Crippen LogP contribution < -0.4 is 4.90 Å². The van der Waals surface area contributed by atoms with E-state index in [0.29, 0.717) is 5.92 Å². The third-order valence-corrected chi connectivity index (χ3v) is 5.30. The van der Waals surface area contributed by atoms with Gasteiger partial charge in [-0.25, -0.2) is 9.97 Å². The lowest BCUT2D eigenvalue weighted by Crippen LogP contribution is -2.27. The van der Waals surface area contributed by atoms with Gasteiger partial charge in [-0.3, -0.25) is 10.1 Å². The van der Waals surface area contributed by atoms with E-state index in [9.17, 15) is 0 Å². The smallest absolute Gasteiger partial charge is 0.163 e. The summed E-state index contributed by atoms with van der Waals surface area (Å²) < 4.78 is 0. The van der Waals surface area contributed by atoms with Crippen LogP contribution in [0.2, 0.25) is 0 Å². The van der Waals surface area contributed by atoms with Crippen molar-refractivity contribution in [2.45, 2.75) is 38.5 Å². The van der Waals surface area contributed by atoms with Crippen molar-refractivity contribution < 1.29 is 0 Å². The Bertz CT molecular complexity index is 929. The summed E-state index contributed by atoms with van der Waals surface area (Å²) in [5, 5.41) is 7.88. The van der Waals surface area contributed by atoms with E-state index >= 15 is 0 Å². The second kappa shape index (κ2) is 6.20. The first kappa shape index (κ1) is 15.5. The SMILES string of the molecule is Cc1cc(N2CCc3[nH]nc(C4CC4)c3CC2)nc(-c2cccnc2)n1. The van der Waals surface area contributed by atoms with Gasteiger partial charge in [0.2, 0.25) is 0 Å². The largest absolute Gasteiger partial charge is 0.356 e. The lowest BCUT2D eigenvalue weighted by atomic mass is 10.1.